The van der Waals surface area contributed by atoms with E-state index in [0.717, 1.165) is 32.7 Å². The zero-order valence-electron chi connectivity index (χ0n) is 15.0. The van der Waals surface area contributed by atoms with Crippen LogP contribution in [0.25, 0.3) is 21.8 Å². The first kappa shape index (κ1) is 21.8. The second-order valence-corrected chi connectivity index (χ2v) is 6.00. The topological polar surface area (TPSA) is 29.0 Å². The summed E-state index contributed by atoms with van der Waals surface area (Å²) in [5, 5.41) is 9.63. The number of halogens is 2. The van der Waals surface area contributed by atoms with Crippen LogP contribution in [0.5, 0.6) is 0 Å². The van der Waals surface area contributed by atoms with E-state index in [-0.39, 0.29) is 24.8 Å². The molecule has 0 aliphatic carbocycles. The first-order valence-corrected chi connectivity index (χ1v) is 8.76. The number of aryl methyl sites for hydroxylation is 1. The van der Waals surface area contributed by atoms with Gasteiger partial charge < -0.3 is 15.2 Å². The summed E-state index contributed by atoms with van der Waals surface area (Å²) < 4.78 is 2.40. The number of aromatic nitrogens is 1. The van der Waals surface area contributed by atoms with Crippen LogP contribution in [0.2, 0.25) is 0 Å². The number of nitrogens with one attached hydrogen (secondary N) is 2. The largest absolute Gasteiger partial charge is 0.341 e. The molecule has 25 heavy (non-hydrogen) atoms. The van der Waals surface area contributed by atoms with E-state index in [4.69, 9.17) is 0 Å². The maximum absolute atomic E-state index is 3.55. The molecule has 0 radical (unpaired) electrons. The summed E-state index contributed by atoms with van der Waals surface area (Å²) in [6.07, 6.45) is 1.17. The minimum atomic E-state index is 0. The lowest BCUT2D eigenvalue weighted by atomic mass is 10.1. The molecule has 1 heterocycles. The minimum absolute atomic E-state index is 0. The molecule has 0 unspecified atom stereocenters. The molecule has 138 valence electrons. The van der Waals surface area contributed by atoms with E-state index in [0.29, 0.717) is 0 Å². The van der Waals surface area contributed by atoms with Crippen LogP contribution in [0.4, 0.5) is 0 Å². The third kappa shape index (κ3) is 4.89. The molecular formula is C20H29Cl2N3. The second-order valence-electron chi connectivity index (χ2n) is 6.00. The maximum Gasteiger partial charge on any atom is 0.0491 e. The lowest BCUT2D eigenvalue weighted by molar-refractivity contribution is 0.606. The molecule has 3 rings (SSSR count). The Labute approximate surface area is 163 Å². The Morgan fingerprint density at radius 2 is 1.56 bits per heavy atom. The molecule has 1 aromatic heterocycles. The van der Waals surface area contributed by atoms with Crippen LogP contribution in [0.15, 0.2) is 42.5 Å². The standard InChI is InChI=1S/C20H27N3.2ClH/c1-3-21-12-7-13-22-15-16-10-11-20-18(14-16)17-8-5-6-9-19(17)23(20)4-2;;/h5-6,8-11,14,21-22H,3-4,7,12-13,15H2,1-2H3;2*1H. The number of nitrogens with zero attached hydrogens (tertiary/aromatic N) is 1. The van der Waals surface area contributed by atoms with E-state index in [1.54, 1.807) is 0 Å². The average Bonchev–Trinajstić information content (AvgIpc) is 2.91. The molecule has 5 heteroatoms. The molecule has 3 nitrogen and oxygen atoms in total. The van der Waals surface area contributed by atoms with Crippen molar-refractivity contribution in [2.75, 3.05) is 19.6 Å². The van der Waals surface area contributed by atoms with Crippen LogP contribution in [0, 0.1) is 0 Å². The van der Waals surface area contributed by atoms with Crippen molar-refractivity contribution in [1.29, 1.82) is 0 Å². The van der Waals surface area contributed by atoms with Crippen LogP contribution < -0.4 is 10.6 Å². The Morgan fingerprint density at radius 3 is 2.32 bits per heavy atom. The molecule has 0 aliphatic rings. The summed E-state index contributed by atoms with van der Waals surface area (Å²) in [4.78, 5) is 0. The SMILES string of the molecule is CCNCCCNCc1ccc2c(c1)c1ccccc1n2CC.Cl.Cl. The van der Waals surface area contributed by atoms with Gasteiger partial charge in [0, 0.05) is 34.9 Å². The molecule has 2 N–H and O–H groups in total. The van der Waals surface area contributed by atoms with Gasteiger partial charge in [0.15, 0.2) is 0 Å². The molecule has 0 aliphatic heterocycles. The van der Waals surface area contributed by atoms with Crippen LogP contribution in [-0.2, 0) is 13.1 Å². The molecule has 0 saturated heterocycles. The third-order valence-electron chi connectivity index (χ3n) is 4.44. The molecule has 2 aromatic carbocycles. The van der Waals surface area contributed by atoms with Crippen molar-refractivity contribution in [3.63, 3.8) is 0 Å². The Balaban J connectivity index is 0.00000156. The highest BCUT2D eigenvalue weighted by atomic mass is 35.5. The highest BCUT2D eigenvalue weighted by Gasteiger charge is 2.09. The smallest absolute Gasteiger partial charge is 0.0491 e. The van der Waals surface area contributed by atoms with Gasteiger partial charge in [-0.3, -0.25) is 0 Å². The Bertz CT molecular complexity index is 783. The molecule has 0 fully saturated rings. The van der Waals surface area contributed by atoms with Crippen molar-refractivity contribution in [3.05, 3.63) is 48.0 Å². The summed E-state index contributed by atoms with van der Waals surface area (Å²) in [7, 11) is 0. The summed E-state index contributed by atoms with van der Waals surface area (Å²) in [5.74, 6) is 0. The van der Waals surface area contributed by atoms with E-state index >= 15 is 0 Å². The normalized spacial score (nSPS) is 10.6. The molecule has 0 atom stereocenters. The Morgan fingerprint density at radius 1 is 0.840 bits per heavy atom. The molecule has 3 aromatic rings. The number of fused-ring (bicyclic) bond motifs is 3. The molecule has 0 spiro atoms. The quantitative estimate of drug-likeness (QED) is 0.551. The van der Waals surface area contributed by atoms with Gasteiger partial charge in [0.1, 0.15) is 0 Å². The number of benzene rings is 2. The zero-order chi connectivity index (χ0) is 16.1. The van der Waals surface area contributed by atoms with Crippen molar-refractivity contribution in [2.45, 2.75) is 33.4 Å². The van der Waals surface area contributed by atoms with Crippen molar-refractivity contribution in [2.24, 2.45) is 0 Å². The van der Waals surface area contributed by atoms with Gasteiger partial charge in [-0.05, 0) is 56.7 Å². The predicted molar refractivity (Wildman–Crippen MR) is 114 cm³/mol. The lowest BCUT2D eigenvalue weighted by Gasteiger charge is -2.07. The first-order chi connectivity index (χ1) is 11.3. The van der Waals surface area contributed by atoms with Gasteiger partial charge in [0.05, 0.1) is 0 Å². The number of rotatable bonds is 8. The lowest BCUT2D eigenvalue weighted by Crippen LogP contribution is -2.21. The fourth-order valence-corrected chi connectivity index (χ4v) is 3.30. The summed E-state index contributed by atoms with van der Waals surface area (Å²) in [5.41, 5.74) is 4.03. The number of hydrogen-bond donors (Lipinski definition) is 2. The maximum atomic E-state index is 3.55. The molecule has 0 amide bonds. The van der Waals surface area contributed by atoms with E-state index in [1.807, 2.05) is 0 Å². The van der Waals surface area contributed by atoms with Gasteiger partial charge >= 0.3 is 0 Å². The molecule has 0 saturated carbocycles. The van der Waals surface area contributed by atoms with Gasteiger partial charge in [-0.15, -0.1) is 24.8 Å². The van der Waals surface area contributed by atoms with Gasteiger partial charge in [0.25, 0.3) is 0 Å². The highest BCUT2D eigenvalue weighted by molar-refractivity contribution is 6.08. The van der Waals surface area contributed by atoms with Crippen LogP contribution >= 0.6 is 24.8 Å². The Kier molecular flexibility index (Phi) is 9.30. The van der Waals surface area contributed by atoms with E-state index in [1.165, 1.54) is 33.8 Å². The van der Waals surface area contributed by atoms with Crippen molar-refractivity contribution < 1.29 is 0 Å². The number of para-hydroxylation sites is 1. The van der Waals surface area contributed by atoms with Crippen LogP contribution in [-0.4, -0.2) is 24.2 Å². The highest BCUT2D eigenvalue weighted by Crippen LogP contribution is 2.29. The van der Waals surface area contributed by atoms with Gasteiger partial charge in [-0.25, -0.2) is 0 Å². The monoisotopic (exact) mass is 381 g/mol. The fourth-order valence-electron chi connectivity index (χ4n) is 3.30. The van der Waals surface area contributed by atoms with Gasteiger partial charge in [0.2, 0.25) is 0 Å². The molecule has 0 bridgehead atoms. The second kappa shape index (κ2) is 10.7. The summed E-state index contributed by atoms with van der Waals surface area (Å²) >= 11 is 0. The van der Waals surface area contributed by atoms with Gasteiger partial charge in [-0.2, -0.15) is 0 Å². The molecular weight excluding hydrogens is 353 g/mol. The third-order valence-corrected chi connectivity index (χ3v) is 4.44. The van der Waals surface area contributed by atoms with Gasteiger partial charge in [-0.1, -0.05) is 31.2 Å². The van der Waals surface area contributed by atoms with Crippen molar-refractivity contribution in [3.8, 4) is 0 Å². The number of hydrogen-bond acceptors (Lipinski definition) is 2. The summed E-state index contributed by atoms with van der Waals surface area (Å²) in [6.45, 7) is 9.51. The fraction of sp³-hybridized carbons (Fsp3) is 0.400. The predicted octanol–water partition coefficient (Wildman–Crippen LogP) is 4.75. The minimum Gasteiger partial charge on any atom is -0.341 e. The van der Waals surface area contributed by atoms with E-state index in [9.17, 15) is 0 Å². The summed E-state index contributed by atoms with van der Waals surface area (Å²) in [6, 6.07) is 15.6. The van der Waals surface area contributed by atoms with Crippen LogP contribution in [0.1, 0.15) is 25.8 Å². The van der Waals surface area contributed by atoms with Crippen molar-refractivity contribution >= 4 is 46.6 Å². The first-order valence-electron chi connectivity index (χ1n) is 8.76. The Hall–Kier alpha value is -1.26. The average molecular weight is 382 g/mol. The van der Waals surface area contributed by atoms with E-state index < -0.39 is 0 Å². The van der Waals surface area contributed by atoms with Crippen molar-refractivity contribution in [1.82, 2.24) is 15.2 Å². The van der Waals surface area contributed by atoms with E-state index in [2.05, 4.69) is 71.5 Å². The van der Waals surface area contributed by atoms with Crippen LogP contribution in [0.3, 0.4) is 0 Å². The zero-order valence-corrected chi connectivity index (χ0v) is 16.7.